The number of carbonyl (C=O) groups is 1. The normalized spacial score (nSPS) is 52.9. The van der Waals surface area contributed by atoms with Gasteiger partial charge in [0.25, 0.3) is 0 Å². The molecule has 0 aromatic rings. The van der Waals surface area contributed by atoms with Gasteiger partial charge in [-0.05, 0) is 19.8 Å². The molecule has 2 bridgehead atoms. The Morgan fingerprint density at radius 3 is 2.92 bits per heavy atom. The van der Waals surface area contributed by atoms with Crippen molar-refractivity contribution in [2.75, 3.05) is 0 Å². The highest BCUT2D eigenvalue weighted by Crippen LogP contribution is 2.43. The predicted molar refractivity (Wildman–Crippen MR) is 46.8 cm³/mol. The minimum Gasteiger partial charge on any atom is -0.368 e. The molecule has 4 atom stereocenters. The fourth-order valence-corrected chi connectivity index (χ4v) is 2.57. The van der Waals surface area contributed by atoms with E-state index in [1.807, 2.05) is 6.92 Å². The molecule has 0 N–H and O–H groups in total. The number of hydrogen-bond acceptors (Lipinski definition) is 2. The van der Waals surface area contributed by atoms with Crippen LogP contribution < -0.4 is 0 Å². The molecule has 0 spiro atoms. The Hall–Kier alpha value is 0.210. The van der Waals surface area contributed by atoms with Gasteiger partial charge in [0.05, 0.1) is 11.7 Å². The number of carbonyl (C=O) groups excluding carboxylic acids is 1. The summed E-state index contributed by atoms with van der Waals surface area (Å²) in [5.41, 5.74) is -0.464. The van der Waals surface area contributed by atoms with Gasteiger partial charge in [0.1, 0.15) is 10.8 Å². The van der Waals surface area contributed by atoms with E-state index in [0.717, 1.165) is 12.8 Å². The summed E-state index contributed by atoms with van der Waals surface area (Å²) in [6, 6.07) is 0. The first kappa shape index (κ1) is 8.79. The van der Waals surface area contributed by atoms with Crippen LogP contribution in [0.4, 0.5) is 0 Å². The van der Waals surface area contributed by atoms with Crippen molar-refractivity contribution in [1.29, 1.82) is 0 Å². The molecule has 0 amide bonds. The summed E-state index contributed by atoms with van der Waals surface area (Å²) in [5.74, 6) is -0.0745. The van der Waals surface area contributed by atoms with Gasteiger partial charge in [0.2, 0.25) is 0 Å². The van der Waals surface area contributed by atoms with E-state index < -0.39 is 16.4 Å². The van der Waals surface area contributed by atoms with Crippen molar-refractivity contribution in [3.05, 3.63) is 0 Å². The van der Waals surface area contributed by atoms with Gasteiger partial charge in [-0.25, -0.2) is 0 Å². The summed E-state index contributed by atoms with van der Waals surface area (Å²) in [5, 5.41) is -1.11. The van der Waals surface area contributed by atoms with Crippen LogP contribution in [0.3, 0.4) is 0 Å². The Bertz CT molecular complexity index is 231. The molecule has 68 valence electrons. The van der Waals surface area contributed by atoms with E-state index in [0.29, 0.717) is 0 Å². The lowest BCUT2D eigenvalue weighted by Gasteiger charge is -2.35. The Labute approximate surface area is 81.2 Å². The van der Waals surface area contributed by atoms with Crippen molar-refractivity contribution < 1.29 is 9.53 Å². The van der Waals surface area contributed by atoms with Crippen molar-refractivity contribution in [3.8, 4) is 0 Å². The Morgan fingerprint density at radius 2 is 2.25 bits per heavy atom. The minimum atomic E-state index is -0.571. The van der Waals surface area contributed by atoms with Gasteiger partial charge < -0.3 is 4.74 Å². The van der Waals surface area contributed by atoms with Gasteiger partial charge in [-0.3, -0.25) is 4.79 Å². The lowest BCUT2D eigenvalue weighted by Crippen LogP contribution is -2.51. The molecule has 2 fully saturated rings. The van der Waals surface area contributed by atoms with E-state index in [1.54, 1.807) is 0 Å². The van der Waals surface area contributed by atoms with Crippen molar-refractivity contribution in [2.45, 2.75) is 42.2 Å². The van der Waals surface area contributed by atoms with Crippen molar-refractivity contribution in [1.82, 2.24) is 0 Å². The van der Waals surface area contributed by atoms with Crippen molar-refractivity contribution in [3.63, 3.8) is 0 Å². The van der Waals surface area contributed by atoms with E-state index in [4.69, 9.17) is 27.9 Å². The predicted octanol–water partition coefficient (Wildman–Crippen LogP) is 1.72. The van der Waals surface area contributed by atoms with E-state index in [2.05, 4.69) is 0 Å². The Morgan fingerprint density at radius 1 is 1.58 bits per heavy atom. The smallest absolute Gasteiger partial charge is 0.174 e. The maximum Gasteiger partial charge on any atom is 0.174 e. The lowest BCUT2D eigenvalue weighted by atomic mass is 9.96. The summed E-state index contributed by atoms with van der Waals surface area (Å²) in [6.07, 6.45) is 1.57. The fourth-order valence-electron chi connectivity index (χ4n) is 1.91. The molecule has 0 aliphatic carbocycles. The number of hydrogen-bond donors (Lipinski definition) is 0. The molecule has 0 aromatic heterocycles. The number of alkyl halides is 2. The van der Waals surface area contributed by atoms with Gasteiger partial charge in [-0.2, -0.15) is 0 Å². The van der Waals surface area contributed by atoms with Crippen LogP contribution in [-0.2, 0) is 9.53 Å². The number of Topliss-reactive ketones (excluding diaryl/α,β-unsaturated/α-hetero) is 1. The van der Waals surface area contributed by atoms with Crippen LogP contribution in [0.1, 0.15) is 19.8 Å². The van der Waals surface area contributed by atoms with Crippen LogP contribution in [-0.4, -0.2) is 28.2 Å². The van der Waals surface area contributed by atoms with Crippen LogP contribution >= 0.6 is 23.2 Å². The molecule has 0 radical (unpaired) electrons. The molecular weight excluding hydrogens is 199 g/mol. The number of halogens is 2. The number of rotatable bonds is 0. The summed E-state index contributed by atoms with van der Waals surface area (Å²) >= 11 is 11.8. The molecule has 2 nitrogen and oxygen atoms in total. The Balaban J connectivity index is 2.32. The second-order valence-electron chi connectivity index (χ2n) is 3.67. The van der Waals surface area contributed by atoms with E-state index in [9.17, 15) is 4.79 Å². The third kappa shape index (κ3) is 1.02. The zero-order chi connectivity index (χ0) is 8.93. The first-order valence-corrected chi connectivity index (χ1v) is 4.91. The SMILES string of the molecule is C[C@@]12CC[C@@H](O1)[C@H](Cl)C(=O)[C@@H]2Cl. The van der Waals surface area contributed by atoms with Crippen LogP contribution in [0.5, 0.6) is 0 Å². The van der Waals surface area contributed by atoms with E-state index >= 15 is 0 Å². The van der Waals surface area contributed by atoms with E-state index in [1.165, 1.54) is 0 Å². The lowest BCUT2D eigenvalue weighted by molar-refractivity contribution is -0.135. The van der Waals surface area contributed by atoms with Crippen molar-refractivity contribution >= 4 is 29.0 Å². The van der Waals surface area contributed by atoms with Gasteiger partial charge >= 0.3 is 0 Å². The topological polar surface area (TPSA) is 26.3 Å². The first-order chi connectivity index (χ1) is 5.54. The summed E-state index contributed by atoms with van der Waals surface area (Å²) in [4.78, 5) is 11.4. The average Bonchev–Trinajstić information content (AvgIpc) is 2.41. The zero-order valence-corrected chi connectivity index (χ0v) is 8.23. The maximum atomic E-state index is 11.4. The first-order valence-electron chi connectivity index (χ1n) is 4.04. The van der Waals surface area contributed by atoms with Gasteiger partial charge in [-0.15, -0.1) is 23.2 Å². The van der Waals surface area contributed by atoms with E-state index in [-0.39, 0.29) is 11.9 Å². The second-order valence-corrected chi connectivity index (χ2v) is 4.58. The molecule has 2 rings (SSSR count). The Kier molecular flexibility index (Phi) is 1.90. The molecular formula is C8H10Cl2O2. The van der Waals surface area contributed by atoms with Crippen LogP contribution in [0.2, 0.25) is 0 Å². The highest BCUT2D eigenvalue weighted by molar-refractivity contribution is 6.41. The number of ketones is 1. The molecule has 0 unspecified atom stereocenters. The van der Waals surface area contributed by atoms with Crippen LogP contribution in [0, 0.1) is 0 Å². The van der Waals surface area contributed by atoms with Crippen LogP contribution in [0.25, 0.3) is 0 Å². The number of fused-ring (bicyclic) bond motifs is 2. The van der Waals surface area contributed by atoms with Crippen molar-refractivity contribution in [2.24, 2.45) is 0 Å². The van der Waals surface area contributed by atoms with Crippen LogP contribution in [0.15, 0.2) is 0 Å². The molecule has 2 aliphatic rings. The number of ether oxygens (including phenoxy) is 1. The molecule has 12 heavy (non-hydrogen) atoms. The van der Waals surface area contributed by atoms with Gasteiger partial charge in [-0.1, -0.05) is 0 Å². The molecule has 4 heteroatoms. The molecule has 2 heterocycles. The monoisotopic (exact) mass is 208 g/mol. The summed E-state index contributed by atoms with van der Waals surface area (Å²) < 4.78 is 5.59. The highest BCUT2D eigenvalue weighted by atomic mass is 35.5. The minimum absolute atomic E-state index is 0.0745. The molecule has 2 aliphatic heterocycles. The van der Waals surface area contributed by atoms with Gasteiger partial charge in [0.15, 0.2) is 5.78 Å². The second kappa shape index (κ2) is 2.60. The zero-order valence-electron chi connectivity index (χ0n) is 6.72. The molecule has 0 saturated carbocycles. The largest absolute Gasteiger partial charge is 0.368 e. The standard InChI is InChI=1S/C8H10Cl2O2/c1-8-3-2-4(12-8)5(9)6(11)7(8)10/h4-5,7H,2-3H2,1H3/t4-,5+,7+,8+/m1/s1. The third-order valence-electron chi connectivity index (χ3n) is 2.73. The molecule has 2 saturated heterocycles. The maximum absolute atomic E-state index is 11.4. The highest BCUT2D eigenvalue weighted by Gasteiger charge is 2.54. The molecule has 0 aromatic carbocycles. The van der Waals surface area contributed by atoms with Gasteiger partial charge in [0, 0.05) is 0 Å². The average molecular weight is 209 g/mol. The fraction of sp³-hybridized carbons (Fsp3) is 0.875. The third-order valence-corrected chi connectivity index (χ3v) is 3.90. The summed E-state index contributed by atoms with van der Waals surface area (Å²) in [7, 11) is 0. The quantitative estimate of drug-likeness (QED) is 0.568. The summed E-state index contributed by atoms with van der Waals surface area (Å²) in [6.45, 7) is 1.88.